The van der Waals surface area contributed by atoms with Crippen LogP contribution in [0.4, 0.5) is 0 Å². The Morgan fingerprint density at radius 2 is 1.22 bits per heavy atom. The summed E-state index contributed by atoms with van der Waals surface area (Å²) in [4.78, 5) is 0. The van der Waals surface area contributed by atoms with Gasteiger partial charge in [0.15, 0.2) is 0 Å². The summed E-state index contributed by atoms with van der Waals surface area (Å²) in [6.45, 7) is 13.8. The maximum atomic E-state index is 3.86. The molecule has 0 saturated carbocycles. The van der Waals surface area contributed by atoms with E-state index in [0.29, 0.717) is 11.8 Å². The third-order valence-electron chi connectivity index (χ3n) is 10.6. The smallest absolute Gasteiger partial charge is 0.109 e. The molecule has 0 aromatic heterocycles. The molecule has 4 aromatic carbocycles. The molecule has 2 aliphatic rings. The molecule has 3 heteroatoms. The van der Waals surface area contributed by atoms with Crippen LogP contribution in [0.15, 0.2) is 97.1 Å². The summed E-state index contributed by atoms with van der Waals surface area (Å²) in [7, 11) is 0. The zero-order chi connectivity index (χ0) is 37.1. The van der Waals surface area contributed by atoms with Crippen LogP contribution in [-0.2, 0) is 43.5 Å². The first-order valence-corrected chi connectivity index (χ1v) is 21.7. The Balaban J connectivity index is 0.000000498. The van der Waals surface area contributed by atoms with Gasteiger partial charge in [0.1, 0.15) is 0 Å². The van der Waals surface area contributed by atoms with Gasteiger partial charge in [-0.25, -0.2) is 12.2 Å². The van der Waals surface area contributed by atoms with Crippen molar-refractivity contribution in [3.63, 3.8) is 0 Å². The number of rotatable bonds is 16. The molecule has 2 atom stereocenters. The Bertz CT molecular complexity index is 1590. The molecule has 0 N–H and O–H groups in total. The Hall–Kier alpha value is -2.31. The summed E-state index contributed by atoms with van der Waals surface area (Å²) in [5.41, 5.74) is 14.4. The molecule has 0 heterocycles. The van der Waals surface area contributed by atoms with E-state index in [1.54, 1.807) is 27.4 Å². The maximum Gasteiger partial charge on any atom is -0.109 e. The van der Waals surface area contributed by atoms with E-state index in [-0.39, 0.29) is 24.8 Å². The third kappa shape index (κ3) is 15.0. The Morgan fingerprint density at radius 3 is 1.69 bits per heavy atom. The number of benzene rings is 4. The van der Waals surface area contributed by atoms with E-state index in [9.17, 15) is 0 Å². The van der Waals surface area contributed by atoms with Crippen molar-refractivity contribution in [3.05, 3.63) is 154 Å². The van der Waals surface area contributed by atoms with Gasteiger partial charge in [0.2, 0.25) is 0 Å². The molecular weight excluding hydrogens is 775 g/mol. The van der Waals surface area contributed by atoms with Crippen LogP contribution in [0.5, 0.6) is 0 Å². The predicted molar refractivity (Wildman–Crippen MR) is 224 cm³/mol. The van der Waals surface area contributed by atoms with E-state index in [2.05, 4.69) is 139 Å². The second kappa shape index (κ2) is 26.5. The van der Waals surface area contributed by atoms with Crippen LogP contribution >= 0.6 is 0 Å². The summed E-state index contributed by atoms with van der Waals surface area (Å²) in [6.07, 6.45) is 26.4. The maximum absolute atomic E-state index is 3.86. The molecule has 0 amide bonds. The van der Waals surface area contributed by atoms with Crippen LogP contribution in [-0.4, -0.2) is 3.21 Å². The van der Waals surface area contributed by atoms with Gasteiger partial charge in [-0.15, -0.1) is 23.1 Å². The largest absolute Gasteiger partial charge is 1.00 e. The van der Waals surface area contributed by atoms with Crippen molar-refractivity contribution >= 4 is 3.21 Å². The summed E-state index contributed by atoms with van der Waals surface area (Å²) >= 11 is 1.67. The van der Waals surface area contributed by atoms with Gasteiger partial charge in [0.25, 0.3) is 0 Å². The fraction of sp³-hybridized carbons (Fsp3) is 0.431. The molecule has 6 rings (SSSR count). The topological polar surface area (TPSA) is 0 Å². The normalized spacial score (nSPS) is 12.9. The van der Waals surface area contributed by atoms with Crippen LogP contribution < -0.4 is 24.8 Å². The van der Waals surface area contributed by atoms with Gasteiger partial charge in [-0.2, -0.15) is 23.8 Å². The van der Waals surface area contributed by atoms with Crippen molar-refractivity contribution in [2.75, 3.05) is 0 Å². The van der Waals surface area contributed by atoms with Gasteiger partial charge in [0, 0.05) is 0 Å². The fourth-order valence-corrected chi connectivity index (χ4v) is 8.68. The number of fused-ring (bicyclic) bond motifs is 3. The minimum atomic E-state index is 0. The standard InChI is InChI=1S/C37H41.C9H18.C5H5.2ClH.Zr/c1-5-13-30(21-28-15-9-7-10-16-28)34-24-36-32(19-26(34)3)23-33-20-27(4)35(25-37(33)36)31(14-6-2)22-29-17-11-8-12-18-29;1-3-5-7-9-8-6-4-2;1-2-4-5-3-1;;;/h7-12,15-19,24-25,30-31H,5-6,13-14,21-23H2,1-4H3;3-8H2,1-2H3;1-3H,4H2;2*1H;/q-1;;-1;;;+2/p-2. The molecule has 4 aromatic rings. The molecule has 54 heavy (non-hydrogen) atoms. The molecule has 0 bridgehead atoms. The quantitative estimate of drug-likeness (QED) is 0.0878. The third-order valence-corrected chi connectivity index (χ3v) is 11.8. The molecule has 0 spiro atoms. The molecular formula is C51H64Cl2Zr-2. The molecule has 0 nitrogen and oxygen atoms in total. The van der Waals surface area contributed by atoms with E-state index in [1.165, 1.54) is 120 Å². The number of halogens is 2. The van der Waals surface area contributed by atoms with Crippen molar-refractivity contribution in [3.8, 4) is 11.1 Å². The molecule has 0 saturated heterocycles. The van der Waals surface area contributed by atoms with Gasteiger partial charge in [-0.1, -0.05) is 124 Å². The van der Waals surface area contributed by atoms with Gasteiger partial charge >= 0.3 is 79.8 Å². The molecule has 2 aliphatic carbocycles. The van der Waals surface area contributed by atoms with E-state index >= 15 is 0 Å². The van der Waals surface area contributed by atoms with Gasteiger partial charge in [0.05, 0.1) is 0 Å². The molecule has 288 valence electrons. The average Bonchev–Trinajstić information content (AvgIpc) is 3.85. The van der Waals surface area contributed by atoms with Gasteiger partial charge in [-0.3, -0.25) is 6.08 Å². The van der Waals surface area contributed by atoms with Crippen LogP contribution in [0.1, 0.15) is 155 Å². The summed E-state index contributed by atoms with van der Waals surface area (Å²) < 4.78 is 1.79. The first-order chi connectivity index (χ1) is 25.4. The number of hydrogen-bond acceptors (Lipinski definition) is 0. The second-order valence-corrected chi connectivity index (χ2v) is 16.7. The minimum Gasteiger partial charge on any atom is -1.00 e. The van der Waals surface area contributed by atoms with Crippen molar-refractivity contribution in [2.24, 2.45) is 0 Å². The van der Waals surface area contributed by atoms with Gasteiger partial charge in [-0.05, 0) is 66.3 Å². The van der Waals surface area contributed by atoms with Crippen molar-refractivity contribution < 1.29 is 49.0 Å². The van der Waals surface area contributed by atoms with Crippen molar-refractivity contribution in [1.82, 2.24) is 0 Å². The summed E-state index contributed by atoms with van der Waals surface area (Å²) in [5, 5.41) is 0. The van der Waals surface area contributed by atoms with E-state index in [0.717, 1.165) is 25.7 Å². The van der Waals surface area contributed by atoms with Crippen molar-refractivity contribution in [1.29, 1.82) is 0 Å². The zero-order valence-electron chi connectivity index (χ0n) is 34.0. The average molecular weight is 839 g/mol. The summed E-state index contributed by atoms with van der Waals surface area (Å²) in [6, 6.07) is 33.5. The number of aryl methyl sites for hydroxylation is 2. The monoisotopic (exact) mass is 836 g/mol. The SMILES string of the molecule is CCCC(Cc1ccccc1)c1cc2c([c-]c1C)Cc1cc(C)c(C(CCC)Cc3ccccc3)cc1-2.CCCC[C](=[Zr+2])CCCC.[C-]1=CC=CC1.[Cl-].[Cl-]. The number of unbranched alkanes of at least 4 members (excludes halogenated alkanes) is 2. The van der Waals surface area contributed by atoms with Crippen LogP contribution in [0, 0.1) is 26.0 Å². The number of allylic oxidation sites excluding steroid dienone is 4. The molecule has 0 radical (unpaired) electrons. The van der Waals surface area contributed by atoms with Crippen LogP contribution in [0.3, 0.4) is 0 Å². The minimum absolute atomic E-state index is 0. The second-order valence-electron chi connectivity index (χ2n) is 14.9. The predicted octanol–water partition coefficient (Wildman–Crippen LogP) is 8.33. The summed E-state index contributed by atoms with van der Waals surface area (Å²) in [5.74, 6) is 1.09. The van der Waals surface area contributed by atoms with Crippen molar-refractivity contribution in [2.45, 2.75) is 143 Å². The first kappa shape index (κ1) is 47.8. The molecule has 0 aliphatic heterocycles. The van der Waals surface area contributed by atoms with E-state index in [1.807, 2.05) is 12.2 Å². The molecule has 0 fully saturated rings. The van der Waals surface area contributed by atoms with Crippen LogP contribution in [0.2, 0.25) is 0 Å². The van der Waals surface area contributed by atoms with Crippen LogP contribution in [0.25, 0.3) is 11.1 Å². The Labute approximate surface area is 357 Å². The Kier molecular flexibility index (Phi) is 23.5. The molecule has 2 unspecified atom stereocenters. The van der Waals surface area contributed by atoms with E-state index < -0.39 is 0 Å². The van der Waals surface area contributed by atoms with E-state index in [4.69, 9.17) is 0 Å². The first-order valence-electron chi connectivity index (χ1n) is 20.4. The number of hydrogen-bond donors (Lipinski definition) is 0. The fourth-order valence-electron chi connectivity index (χ4n) is 7.81. The Morgan fingerprint density at radius 1 is 0.685 bits per heavy atom. The van der Waals surface area contributed by atoms with Gasteiger partial charge < -0.3 is 24.8 Å². The zero-order valence-corrected chi connectivity index (χ0v) is 38.0.